The van der Waals surface area contributed by atoms with E-state index in [1.54, 1.807) is 11.3 Å². The van der Waals surface area contributed by atoms with E-state index in [9.17, 15) is 0 Å². The van der Waals surface area contributed by atoms with E-state index in [2.05, 4.69) is 38.8 Å². The average molecular weight is 244 g/mol. The van der Waals surface area contributed by atoms with Gasteiger partial charge in [-0.1, -0.05) is 32.1 Å². The van der Waals surface area contributed by atoms with Crippen LogP contribution in [-0.4, -0.2) is 14.0 Å². The molecular formula is C10H20N2OSSi. The van der Waals surface area contributed by atoms with Crippen LogP contribution in [0.15, 0.2) is 0 Å². The maximum absolute atomic E-state index is 5.75. The second-order valence-electron chi connectivity index (χ2n) is 4.93. The highest BCUT2D eigenvalue weighted by Gasteiger charge is 2.22. The summed E-state index contributed by atoms with van der Waals surface area (Å²) in [7, 11) is -0.968. The van der Waals surface area contributed by atoms with E-state index in [1.165, 1.54) is 4.88 Å². The highest BCUT2D eigenvalue weighted by atomic mass is 32.1. The third-order valence-electron chi connectivity index (χ3n) is 1.97. The van der Waals surface area contributed by atoms with Crippen LogP contribution in [0.25, 0.3) is 0 Å². The minimum atomic E-state index is -0.968. The maximum atomic E-state index is 5.75. The summed E-state index contributed by atoms with van der Waals surface area (Å²) in [5, 5.41) is 0.643. The second-order valence-corrected chi connectivity index (χ2v) is 8.48. The molecule has 0 radical (unpaired) electrons. The molecule has 3 nitrogen and oxygen atoms in total. The van der Waals surface area contributed by atoms with E-state index in [0.29, 0.717) is 11.7 Å². The van der Waals surface area contributed by atoms with Gasteiger partial charge in [0.05, 0.1) is 17.2 Å². The van der Waals surface area contributed by atoms with Crippen LogP contribution in [0.1, 0.15) is 31.3 Å². The first-order valence-corrected chi connectivity index (χ1v) is 8.77. The zero-order valence-electron chi connectivity index (χ0n) is 10.1. The van der Waals surface area contributed by atoms with Gasteiger partial charge in [0, 0.05) is 5.41 Å². The average Bonchev–Trinajstić information content (AvgIpc) is 2.42. The molecule has 0 amide bonds. The number of hydrogen-bond donors (Lipinski definition) is 1. The molecule has 1 rings (SSSR count). The smallest absolute Gasteiger partial charge is 0.180 e. The number of thiazole rings is 1. The Morgan fingerprint density at radius 2 is 2.00 bits per heavy atom. The van der Waals surface area contributed by atoms with Gasteiger partial charge < -0.3 is 10.2 Å². The van der Waals surface area contributed by atoms with Crippen LogP contribution in [0.5, 0.6) is 0 Å². The molecule has 0 atom stereocenters. The van der Waals surface area contributed by atoms with Gasteiger partial charge in [-0.25, -0.2) is 4.98 Å². The molecule has 0 aliphatic rings. The first kappa shape index (κ1) is 12.7. The van der Waals surface area contributed by atoms with Crippen molar-refractivity contribution in [2.45, 2.75) is 45.9 Å². The highest BCUT2D eigenvalue weighted by molar-refractivity contribution is 7.15. The predicted octanol–water partition coefficient (Wildman–Crippen LogP) is 2.52. The molecule has 0 saturated heterocycles. The molecule has 2 N–H and O–H groups in total. The van der Waals surface area contributed by atoms with Crippen molar-refractivity contribution >= 4 is 25.5 Å². The summed E-state index contributed by atoms with van der Waals surface area (Å²) in [4.78, 5) is 5.57. The fraction of sp³-hybridized carbons (Fsp3) is 0.700. The third-order valence-corrected chi connectivity index (χ3v) is 3.66. The van der Waals surface area contributed by atoms with Crippen LogP contribution >= 0.6 is 11.3 Å². The number of nitrogen functional groups attached to an aromatic ring is 1. The fourth-order valence-corrected chi connectivity index (χ4v) is 2.88. The lowest BCUT2D eigenvalue weighted by Gasteiger charge is -2.18. The van der Waals surface area contributed by atoms with Crippen molar-refractivity contribution in [2.24, 2.45) is 0 Å². The first-order valence-electron chi connectivity index (χ1n) is 5.18. The van der Waals surface area contributed by atoms with E-state index < -0.39 is 9.04 Å². The molecule has 0 spiro atoms. The van der Waals surface area contributed by atoms with Crippen molar-refractivity contribution in [3.8, 4) is 0 Å². The van der Waals surface area contributed by atoms with Gasteiger partial charge in [-0.15, -0.1) is 0 Å². The number of rotatable bonds is 3. The van der Waals surface area contributed by atoms with Crippen molar-refractivity contribution in [3.63, 3.8) is 0 Å². The van der Waals surface area contributed by atoms with Crippen molar-refractivity contribution in [1.82, 2.24) is 4.98 Å². The Hall–Kier alpha value is -0.393. The van der Waals surface area contributed by atoms with Crippen molar-refractivity contribution in [2.75, 3.05) is 5.73 Å². The second kappa shape index (κ2) is 4.63. The molecule has 0 fully saturated rings. The minimum absolute atomic E-state index is 0.0470. The van der Waals surface area contributed by atoms with Crippen LogP contribution in [0, 0.1) is 0 Å². The van der Waals surface area contributed by atoms with Gasteiger partial charge >= 0.3 is 0 Å². The molecule has 0 saturated carbocycles. The number of nitrogens with two attached hydrogens (primary N) is 1. The van der Waals surface area contributed by atoms with Crippen molar-refractivity contribution in [3.05, 3.63) is 10.6 Å². The van der Waals surface area contributed by atoms with Gasteiger partial charge in [0.25, 0.3) is 0 Å². The Morgan fingerprint density at radius 3 is 2.47 bits per heavy atom. The lowest BCUT2D eigenvalue weighted by Crippen LogP contribution is -2.16. The van der Waals surface area contributed by atoms with Gasteiger partial charge in [0.15, 0.2) is 14.2 Å². The quantitative estimate of drug-likeness (QED) is 0.831. The predicted molar refractivity (Wildman–Crippen MR) is 68.9 cm³/mol. The van der Waals surface area contributed by atoms with Crippen molar-refractivity contribution in [1.29, 1.82) is 0 Å². The molecule has 15 heavy (non-hydrogen) atoms. The third kappa shape index (κ3) is 3.59. The molecule has 0 aliphatic carbocycles. The summed E-state index contributed by atoms with van der Waals surface area (Å²) in [5.41, 5.74) is 6.88. The zero-order chi connectivity index (χ0) is 11.6. The van der Waals surface area contributed by atoms with Gasteiger partial charge in [-0.2, -0.15) is 0 Å². The summed E-state index contributed by atoms with van der Waals surface area (Å²) < 4.78 is 5.73. The summed E-state index contributed by atoms with van der Waals surface area (Å²) in [6.45, 7) is 11.5. The largest absolute Gasteiger partial charge is 0.415 e. The Balaban J connectivity index is 2.87. The molecule has 1 heterocycles. The number of anilines is 1. The number of hydrogen-bond acceptors (Lipinski definition) is 4. The molecule has 5 heteroatoms. The zero-order valence-corrected chi connectivity index (χ0v) is 12.1. The molecule has 0 unspecified atom stereocenters. The summed E-state index contributed by atoms with van der Waals surface area (Å²) in [6.07, 6.45) is 0. The van der Waals surface area contributed by atoms with Gasteiger partial charge in [0.2, 0.25) is 0 Å². The number of aromatic nitrogens is 1. The molecule has 0 aromatic carbocycles. The van der Waals surface area contributed by atoms with Gasteiger partial charge in [0.1, 0.15) is 0 Å². The summed E-state index contributed by atoms with van der Waals surface area (Å²) in [5.74, 6) is 0. The Kier molecular flexibility index (Phi) is 3.91. The molecule has 0 bridgehead atoms. The first-order chi connectivity index (χ1) is 6.80. The van der Waals surface area contributed by atoms with Crippen LogP contribution in [-0.2, 0) is 16.4 Å². The SMILES string of the molecule is C[SiH](C)OCc1sc(N)nc1C(C)(C)C. The van der Waals surface area contributed by atoms with Crippen molar-refractivity contribution < 1.29 is 4.43 Å². The normalized spacial score (nSPS) is 12.4. The fourth-order valence-electron chi connectivity index (χ4n) is 1.30. The minimum Gasteiger partial charge on any atom is -0.415 e. The Bertz CT molecular complexity index is 331. The monoisotopic (exact) mass is 244 g/mol. The molecular weight excluding hydrogens is 224 g/mol. The van der Waals surface area contributed by atoms with Crippen LogP contribution in [0.3, 0.4) is 0 Å². The topological polar surface area (TPSA) is 48.1 Å². The maximum Gasteiger partial charge on any atom is 0.180 e. The highest BCUT2D eigenvalue weighted by Crippen LogP contribution is 2.31. The van der Waals surface area contributed by atoms with E-state index >= 15 is 0 Å². The number of nitrogens with zero attached hydrogens (tertiary/aromatic N) is 1. The van der Waals surface area contributed by atoms with Crippen LogP contribution in [0.2, 0.25) is 13.1 Å². The lowest BCUT2D eigenvalue weighted by atomic mass is 9.91. The van der Waals surface area contributed by atoms with Crippen LogP contribution in [0.4, 0.5) is 5.13 Å². The van der Waals surface area contributed by atoms with Crippen LogP contribution < -0.4 is 5.73 Å². The van der Waals surface area contributed by atoms with E-state index in [0.717, 1.165) is 5.69 Å². The van der Waals surface area contributed by atoms with Gasteiger partial charge in [-0.3, -0.25) is 0 Å². The molecule has 86 valence electrons. The molecule has 1 aromatic heterocycles. The summed E-state index contributed by atoms with van der Waals surface area (Å²) >= 11 is 1.55. The van der Waals surface area contributed by atoms with Gasteiger partial charge in [-0.05, 0) is 13.1 Å². The van der Waals surface area contributed by atoms with E-state index in [4.69, 9.17) is 10.2 Å². The van der Waals surface area contributed by atoms with E-state index in [-0.39, 0.29) is 5.41 Å². The van der Waals surface area contributed by atoms with E-state index in [1.807, 2.05) is 0 Å². The molecule has 1 aromatic rings. The lowest BCUT2D eigenvalue weighted by molar-refractivity contribution is 0.314. The molecule has 0 aliphatic heterocycles. The standard InChI is InChI=1S/C10H20N2OSSi/c1-10(2,3)8-7(6-13-15(4)5)14-9(11)12-8/h15H,6H2,1-5H3,(H2,11,12). The Labute approximate surface area is 97.4 Å². The Morgan fingerprint density at radius 1 is 1.40 bits per heavy atom. The summed E-state index contributed by atoms with van der Waals surface area (Å²) in [6, 6.07) is 0.